The Labute approximate surface area is 817 Å². The fourth-order valence-electron chi connectivity index (χ4n) is 12.2. The lowest BCUT2D eigenvalue weighted by atomic mass is 10.0. The standard InChI is InChI=1S/C79H123N29O32S2/c1-33(2)61(108-72(133)44(16-18-142-7)101-74(135)49(22-59(119)120)105-69(130)41(9-8-17-87-79(83)84)99-76(137)51(30-141)107-75(136)50(23-60(121)122)106-73(134)47(20-39-25-86-32-92-39)103-63(124)35(4)94-54(112)26-88-66(127)40(80)29-109)77(138)96-37(6)64(125)98-42(10-13-52(81)110)70(131)100-43(12-15-57(115)116)71(132)104-46(19-38-24-85-31-91-38)67(128)90-28-56(114)97-48(21-58(117)118)68(129)89-27-55(113)93-34(3)62(123)95-36(5)65(126)102-45(78(139)140)11-14-53(82)111/h24-25,31-37,40-51,61,109,141H,8-23,26-30,80H2,1-7H3,(H2,81,110)(H2,82,111)(H,85,91)(H,86,92)(H,88,127)(H,89,129)(H,90,128)(H,93,113)(H,94,112)(H,95,123)(H,96,138)(H,97,114)(H,98,125)(H,99,137)(H,100,131)(H,101,135)(H,102,126)(H,103,124)(H,104,132)(H,105,130)(H,106,134)(H,107,136)(H,108,133)(H,115,116)(H,117,118)(H,119,120)(H,121,122)(H,139,140)(H4,83,84,87)/t34-,35-,36-,37-,40-,41-,42-,43-,44-,45-,46-,47-,48-,49-,50-,51-,61-/m0/s1. The monoisotopic (exact) mass is 2050 g/mol. The highest BCUT2D eigenvalue weighted by molar-refractivity contribution is 7.98. The Hall–Kier alpha value is -15.5. The molecule has 21 amide bonds. The van der Waals surface area contributed by atoms with Gasteiger partial charge in [-0.25, -0.2) is 14.8 Å². The van der Waals surface area contributed by atoms with Crippen molar-refractivity contribution in [3.63, 3.8) is 0 Å². The largest absolute Gasteiger partial charge is 0.481 e. The number of nitrogens with two attached hydrogens (primary N) is 4. The Morgan fingerprint density at radius 3 is 1.10 bits per heavy atom. The number of hydrogen-bond acceptors (Lipinski definition) is 33. The van der Waals surface area contributed by atoms with Gasteiger partial charge in [0.25, 0.3) is 0 Å². The molecule has 0 aliphatic heterocycles. The minimum Gasteiger partial charge on any atom is -0.481 e. The van der Waals surface area contributed by atoms with Gasteiger partial charge in [-0.15, -0.1) is 0 Å². The zero-order chi connectivity index (χ0) is 107. The first-order chi connectivity index (χ1) is 66.6. The van der Waals surface area contributed by atoms with Crippen LogP contribution in [0.3, 0.4) is 0 Å². The van der Waals surface area contributed by atoms with Gasteiger partial charge in [-0.1, -0.05) is 13.8 Å². The number of H-pyrrole nitrogens is 2. The van der Waals surface area contributed by atoms with Crippen molar-refractivity contribution in [2.45, 2.75) is 234 Å². The summed E-state index contributed by atoms with van der Waals surface area (Å²) >= 11 is 5.29. The van der Waals surface area contributed by atoms with Crippen LogP contribution in [0.1, 0.15) is 130 Å². The quantitative estimate of drug-likeness (QED) is 0.0127. The number of amides is 21. The van der Waals surface area contributed by atoms with Gasteiger partial charge in [-0.05, 0) is 84.1 Å². The molecule has 37 N–H and O–H groups in total. The van der Waals surface area contributed by atoms with Crippen LogP contribution in [-0.4, -0.2) is 364 Å². The van der Waals surface area contributed by atoms with Gasteiger partial charge in [0.05, 0.1) is 69.5 Å². The highest BCUT2D eigenvalue weighted by Crippen LogP contribution is 2.14. The first-order valence-electron chi connectivity index (χ1n) is 43.4. The molecule has 788 valence electrons. The number of thiol groups is 1. The van der Waals surface area contributed by atoms with E-state index in [1.807, 2.05) is 0 Å². The summed E-state index contributed by atoms with van der Waals surface area (Å²) in [6.07, 6.45) is -2.48. The van der Waals surface area contributed by atoms with Gasteiger partial charge in [0.1, 0.15) is 103 Å². The molecule has 0 radical (unpaired) electrons. The fraction of sp³-hybridized carbons (Fsp3) is 0.582. The van der Waals surface area contributed by atoms with Crippen molar-refractivity contribution >= 4 is 184 Å². The van der Waals surface area contributed by atoms with Gasteiger partial charge < -0.3 is 170 Å². The van der Waals surface area contributed by atoms with Crippen molar-refractivity contribution in [1.29, 1.82) is 5.41 Å². The molecular formula is C79H123N29O32S2. The summed E-state index contributed by atoms with van der Waals surface area (Å²) in [5, 5.41) is 110. The Balaban J connectivity index is 2.39. The number of imidazole rings is 2. The molecule has 61 nitrogen and oxygen atoms in total. The van der Waals surface area contributed by atoms with Gasteiger partial charge in [-0.3, -0.25) is 125 Å². The second-order valence-corrected chi connectivity index (χ2v) is 33.3. The van der Waals surface area contributed by atoms with Crippen LogP contribution in [0.2, 0.25) is 0 Å². The Kier molecular flexibility index (Phi) is 54.5. The van der Waals surface area contributed by atoms with Gasteiger partial charge in [0.2, 0.25) is 124 Å². The van der Waals surface area contributed by atoms with Crippen molar-refractivity contribution in [3.8, 4) is 0 Å². The van der Waals surface area contributed by atoms with Crippen LogP contribution in [0.25, 0.3) is 0 Å². The molecule has 0 saturated carbocycles. The maximum atomic E-state index is 14.4. The SMILES string of the molecule is CSCC[C@H](NC(=O)[C@H](CC(=O)O)NC(=O)[C@H](CCCNC(=N)N)NC(=O)[C@H](CS)NC(=O)[C@H](CC(=O)O)NC(=O)[C@H](Cc1c[nH]cn1)NC(=O)[C@H](C)NC(=O)CNC(=O)[C@@H](N)CO)C(=O)N[C@H](C(=O)N[C@@H](C)C(=O)N[C@@H](CCC(N)=O)C(=O)N[C@@H](CCC(=O)O)C(=O)N[C@@H](Cc1c[nH]cn1)C(=O)NCC(=O)N[C@@H](CC(=O)O)C(=O)NCC(=O)N[C@@H](C)C(=O)N[C@@H](C)C(=O)N[C@@H](CCC(N)=O)C(=O)O)C(C)C. The number of carbonyl (C=O) groups excluding carboxylic acids is 21. The second-order valence-electron chi connectivity index (χ2n) is 32.0. The van der Waals surface area contributed by atoms with Crippen molar-refractivity contribution < 1.29 is 155 Å². The predicted octanol–water partition coefficient (Wildman–Crippen LogP) is -15.1. The molecule has 0 fully saturated rings. The molecule has 2 aromatic heterocycles. The number of rotatable bonds is 68. The van der Waals surface area contributed by atoms with Crippen LogP contribution in [0.5, 0.6) is 0 Å². The third-order valence-corrected chi connectivity index (χ3v) is 20.9. The van der Waals surface area contributed by atoms with E-state index < -0.39 is 371 Å². The summed E-state index contributed by atoms with van der Waals surface area (Å²) in [6.45, 7) is 3.79. The minimum absolute atomic E-state index is 0.0624. The van der Waals surface area contributed by atoms with Gasteiger partial charge >= 0.3 is 29.8 Å². The first-order valence-corrected chi connectivity index (χ1v) is 45.5. The zero-order valence-corrected chi connectivity index (χ0v) is 79.6. The van der Waals surface area contributed by atoms with Crippen molar-refractivity contribution in [2.24, 2.45) is 28.9 Å². The van der Waals surface area contributed by atoms with Crippen LogP contribution in [0.15, 0.2) is 25.0 Å². The number of carbonyl (C=O) groups is 26. The number of aromatic nitrogens is 4. The zero-order valence-electron chi connectivity index (χ0n) is 77.9. The summed E-state index contributed by atoms with van der Waals surface area (Å²) in [5.74, 6) is -34.1. The average molecular weight is 2060 g/mol. The van der Waals surface area contributed by atoms with Gasteiger partial charge in [-0.2, -0.15) is 24.4 Å². The van der Waals surface area contributed by atoms with Crippen LogP contribution in [-0.2, 0) is 137 Å². The van der Waals surface area contributed by atoms with E-state index >= 15 is 0 Å². The number of carboxylic acid groups (broad SMARTS) is 5. The maximum Gasteiger partial charge on any atom is 0.326 e. The van der Waals surface area contributed by atoms with Gasteiger partial charge in [0.15, 0.2) is 5.96 Å². The lowest BCUT2D eigenvalue weighted by molar-refractivity contribution is -0.143. The minimum atomic E-state index is -2.11. The molecule has 0 aliphatic rings. The predicted molar refractivity (Wildman–Crippen MR) is 491 cm³/mol. The topological polar surface area (TPSA) is 991 Å². The maximum absolute atomic E-state index is 14.4. The molecular weight excluding hydrogens is 1930 g/mol. The molecule has 0 saturated heterocycles. The summed E-state index contributed by atoms with van der Waals surface area (Å²) in [6, 6.07) is -29.3. The van der Waals surface area contributed by atoms with E-state index in [0.29, 0.717) is 0 Å². The fourth-order valence-corrected chi connectivity index (χ4v) is 12.9. The third kappa shape index (κ3) is 47.7. The molecule has 2 heterocycles. The molecule has 63 heteroatoms. The van der Waals surface area contributed by atoms with Crippen molar-refractivity contribution in [3.05, 3.63) is 36.4 Å². The molecule has 17 atom stereocenters. The number of aromatic amines is 2. The molecule has 0 unspecified atom stereocenters. The summed E-state index contributed by atoms with van der Waals surface area (Å²) in [5.41, 5.74) is 21.5. The normalized spacial score (nSPS) is 14.5. The number of thioether (sulfide) groups is 1. The van der Waals surface area contributed by atoms with Crippen LogP contribution in [0, 0.1) is 11.3 Å². The van der Waals surface area contributed by atoms with E-state index in [9.17, 15) is 150 Å². The molecule has 142 heavy (non-hydrogen) atoms. The number of carboxylic acids is 5. The summed E-state index contributed by atoms with van der Waals surface area (Å²) in [4.78, 5) is 356. The van der Waals surface area contributed by atoms with Crippen molar-refractivity contribution in [2.75, 3.05) is 50.5 Å². The number of aliphatic hydroxyl groups is 1. The highest BCUT2D eigenvalue weighted by Gasteiger charge is 2.40. The molecule has 2 rings (SSSR count). The van der Waals surface area contributed by atoms with Gasteiger partial charge in [0, 0.05) is 56.8 Å². The Morgan fingerprint density at radius 2 is 0.697 bits per heavy atom. The summed E-state index contributed by atoms with van der Waals surface area (Å²) < 4.78 is 0. The number of primary amides is 2. The number of aliphatic hydroxyl groups excluding tert-OH is 1. The first kappa shape index (κ1) is 123. The van der Waals surface area contributed by atoms with E-state index in [0.717, 1.165) is 38.9 Å². The van der Waals surface area contributed by atoms with Crippen molar-refractivity contribution in [1.82, 2.24) is 126 Å². The third-order valence-electron chi connectivity index (χ3n) is 19.9. The Morgan fingerprint density at radius 1 is 0.373 bits per heavy atom. The number of nitrogens with zero attached hydrogens (tertiary/aromatic N) is 2. The number of hydrogen-bond donors (Lipinski definition) is 34. The van der Waals surface area contributed by atoms with E-state index in [1.54, 1.807) is 6.26 Å². The van der Waals surface area contributed by atoms with E-state index in [4.69, 9.17) is 33.5 Å². The van der Waals surface area contributed by atoms with Crippen LogP contribution < -0.4 is 129 Å². The number of aliphatic carboxylic acids is 5. The Bertz CT molecular complexity index is 4800. The van der Waals surface area contributed by atoms with E-state index in [1.165, 1.54) is 39.5 Å². The molecule has 2 aromatic rings. The van der Waals surface area contributed by atoms with E-state index in [2.05, 4.69) is 139 Å². The lowest BCUT2D eigenvalue weighted by Gasteiger charge is -2.28. The molecule has 0 aliphatic carbocycles. The molecule has 0 spiro atoms. The lowest BCUT2D eigenvalue weighted by Crippen LogP contribution is -2.61. The highest BCUT2D eigenvalue weighted by atomic mass is 32.2. The van der Waals surface area contributed by atoms with Crippen LogP contribution >= 0.6 is 24.4 Å². The van der Waals surface area contributed by atoms with E-state index in [-0.39, 0.29) is 42.9 Å². The average Bonchev–Trinajstić information content (AvgIpc) is 0.963. The molecule has 0 bridgehead atoms. The smallest absolute Gasteiger partial charge is 0.326 e. The second kappa shape index (κ2) is 63.2. The summed E-state index contributed by atoms with van der Waals surface area (Å²) in [7, 11) is 0. The number of nitrogens with one attached hydrogen (secondary N) is 23. The van der Waals surface area contributed by atoms with Crippen LogP contribution in [0.4, 0.5) is 0 Å². The number of guanidine groups is 1. The molecule has 0 aromatic carbocycles.